The SMILES string of the molecule is COC(=O)C(C)CN(C)CC(=O)Nc1cc(C(C)C)no1. The molecule has 118 valence electrons. The van der Waals surface area contributed by atoms with Gasteiger partial charge < -0.3 is 9.26 Å². The van der Waals surface area contributed by atoms with Crippen LogP contribution in [0.1, 0.15) is 32.4 Å². The van der Waals surface area contributed by atoms with Gasteiger partial charge in [-0.25, -0.2) is 0 Å². The highest BCUT2D eigenvalue weighted by Gasteiger charge is 2.17. The van der Waals surface area contributed by atoms with E-state index in [1.54, 1.807) is 24.9 Å². The number of esters is 1. The van der Waals surface area contributed by atoms with Crippen LogP contribution < -0.4 is 5.32 Å². The smallest absolute Gasteiger partial charge is 0.309 e. The zero-order chi connectivity index (χ0) is 16.0. The maximum absolute atomic E-state index is 11.9. The van der Waals surface area contributed by atoms with Crippen molar-refractivity contribution < 1.29 is 18.8 Å². The molecule has 1 unspecified atom stereocenters. The summed E-state index contributed by atoms with van der Waals surface area (Å²) in [5.41, 5.74) is 0.790. The summed E-state index contributed by atoms with van der Waals surface area (Å²) in [4.78, 5) is 24.9. The van der Waals surface area contributed by atoms with E-state index in [9.17, 15) is 9.59 Å². The van der Waals surface area contributed by atoms with Crippen molar-refractivity contribution in [1.82, 2.24) is 10.1 Å². The molecule has 0 radical (unpaired) electrons. The number of amides is 1. The monoisotopic (exact) mass is 297 g/mol. The number of carbonyl (C=O) groups is 2. The largest absolute Gasteiger partial charge is 0.469 e. The van der Waals surface area contributed by atoms with Gasteiger partial charge in [0.05, 0.1) is 25.3 Å². The van der Waals surface area contributed by atoms with Crippen molar-refractivity contribution in [3.05, 3.63) is 11.8 Å². The fraction of sp³-hybridized carbons (Fsp3) is 0.643. The van der Waals surface area contributed by atoms with Crippen molar-refractivity contribution in [2.75, 3.05) is 32.6 Å². The number of carbonyl (C=O) groups excluding carboxylic acids is 2. The van der Waals surface area contributed by atoms with Gasteiger partial charge in [-0.2, -0.15) is 0 Å². The van der Waals surface area contributed by atoms with Gasteiger partial charge in [-0.05, 0) is 13.0 Å². The van der Waals surface area contributed by atoms with Crippen LogP contribution in [0.25, 0.3) is 0 Å². The average Bonchev–Trinajstić information content (AvgIpc) is 2.85. The Morgan fingerprint density at radius 1 is 1.43 bits per heavy atom. The predicted octanol–water partition coefficient (Wildman–Crippen LogP) is 1.48. The van der Waals surface area contributed by atoms with Crippen molar-refractivity contribution in [2.24, 2.45) is 5.92 Å². The van der Waals surface area contributed by atoms with E-state index in [1.807, 2.05) is 13.8 Å². The molecule has 0 aliphatic rings. The zero-order valence-corrected chi connectivity index (χ0v) is 13.2. The van der Waals surface area contributed by atoms with Crippen LogP contribution in [0, 0.1) is 5.92 Å². The van der Waals surface area contributed by atoms with Crippen molar-refractivity contribution in [1.29, 1.82) is 0 Å². The first kappa shape index (κ1) is 17.2. The second-order valence-electron chi connectivity index (χ2n) is 5.44. The van der Waals surface area contributed by atoms with E-state index in [4.69, 9.17) is 4.52 Å². The van der Waals surface area contributed by atoms with Crippen LogP contribution in [-0.4, -0.2) is 49.2 Å². The van der Waals surface area contributed by atoms with Crippen LogP contribution in [-0.2, 0) is 14.3 Å². The van der Waals surface area contributed by atoms with Gasteiger partial charge in [0.1, 0.15) is 0 Å². The normalized spacial score (nSPS) is 12.5. The van der Waals surface area contributed by atoms with Crippen molar-refractivity contribution in [3.63, 3.8) is 0 Å². The van der Waals surface area contributed by atoms with E-state index < -0.39 is 0 Å². The molecule has 1 aromatic rings. The van der Waals surface area contributed by atoms with Crippen LogP contribution in [0.15, 0.2) is 10.6 Å². The summed E-state index contributed by atoms with van der Waals surface area (Å²) in [5, 5.41) is 6.50. The van der Waals surface area contributed by atoms with E-state index in [-0.39, 0.29) is 30.3 Å². The summed E-state index contributed by atoms with van der Waals surface area (Å²) >= 11 is 0. The van der Waals surface area contributed by atoms with Crippen LogP contribution in [0.5, 0.6) is 0 Å². The van der Waals surface area contributed by atoms with Gasteiger partial charge >= 0.3 is 5.97 Å². The second kappa shape index (κ2) is 7.78. The van der Waals surface area contributed by atoms with Gasteiger partial charge in [0.15, 0.2) is 0 Å². The van der Waals surface area contributed by atoms with Gasteiger partial charge in [0, 0.05) is 12.6 Å². The van der Waals surface area contributed by atoms with Crippen molar-refractivity contribution in [2.45, 2.75) is 26.7 Å². The quantitative estimate of drug-likeness (QED) is 0.767. The molecular formula is C14H23N3O4. The molecule has 0 bridgehead atoms. The Balaban J connectivity index is 2.43. The molecule has 1 atom stereocenters. The summed E-state index contributed by atoms with van der Waals surface area (Å²) in [6.45, 7) is 6.33. The number of methoxy groups -OCH3 is 1. The summed E-state index contributed by atoms with van der Waals surface area (Å²) in [5.74, 6) is -0.230. The molecule has 7 nitrogen and oxygen atoms in total. The lowest BCUT2D eigenvalue weighted by Crippen LogP contribution is -2.35. The Bertz CT molecular complexity index is 484. The fourth-order valence-corrected chi connectivity index (χ4v) is 1.85. The number of rotatable bonds is 7. The summed E-state index contributed by atoms with van der Waals surface area (Å²) in [6.07, 6.45) is 0. The number of anilines is 1. The molecule has 0 fully saturated rings. The Kier molecular flexibility index (Phi) is 6.36. The van der Waals surface area contributed by atoms with Gasteiger partial charge in [-0.3, -0.25) is 19.8 Å². The average molecular weight is 297 g/mol. The topological polar surface area (TPSA) is 84.7 Å². The van der Waals surface area contributed by atoms with Gasteiger partial charge in [0.2, 0.25) is 11.8 Å². The summed E-state index contributed by atoms with van der Waals surface area (Å²) < 4.78 is 9.69. The molecule has 0 saturated carbocycles. The van der Waals surface area contributed by atoms with Gasteiger partial charge in [-0.15, -0.1) is 0 Å². The zero-order valence-electron chi connectivity index (χ0n) is 13.2. The van der Waals surface area contributed by atoms with Crippen molar-refractivity contribution >= 4 is 17.8 Å². The maximum Gasteiger partial charge on any atom is 0.309 e. The Morgan fingerprint density at radius 2 is 2.10 bits per heavy atom. The maximum atomic E-state index is 11.9. The lowest BCUT2D eigenvalue weighted by atomic mass is 10.1. The summed E-state index contributed by atoms with van der Waals surface area (Å²) in [6, 6.07) is 1.71. The minimum Gasteiger partial charge on any atom is -0.469 e. The number of likely N-dealkylation sites (N-methyl/N-ethyl adjacent to an activating group) is 1. The van der Waals surface area contributed by atoms with Crippen LogP contribution in [0.4, 0.5) is 5.88 Å². The second-order valence-corrected chi connectivity index (χ2v) is 5.44. The van der Waals surface area contributed by atoms with Crippen LogP contribution >= 0.6 is 0 Å². The molecule has 1 aromatic heterocycles. The first-order valence-electron chi connectivity index (χ1n) is 6.86. The highest BCUT2D eigenvalue weighted by Crippen LogP contribution is 2.17. The number of hydrogen-bond donors (Lipinski definition) is 1. The number of ether oxygens (including phenoxy) is 1. The Morgan fingerprint density at radius 3 is 2.62 bits per heavy atom. The first-order valence-corrected chi connectivity index (χ1v) is 6.86. The molecule has 1 heterocycles. The first-order chi connectivity index (χ1) is 9.83. The fourth-order valence-electron chi connectivity index (χ4n) is 1.85. The highest BCUT2D eigenvalue weighted by atomic mass is 16.5. The molecule has 1 rings (SSSR count). The van der Waals surface area contributed by atoms with E-state index in [1.165, 1.54) is 7.11 Å². The third-order valence-corrected chi connectivity index (χ3v) is 2.99. The Labute approximate surface area is 124 Å². The number of nitrogens with one attached hydrogen (secondary N) is 1. The van der Waals surface area contributed by atoms with Crippen LogP contribution in [0.2, 0.25) is 0 Å². The number of aromatic nitrogens is 1. The summed E-state index contributed by atoms with van der Waals surface area (Å²) in [7, 11) is 3.11. The lowest BCUT2D eigenvalue weighted by Gasteiger charge is -2.18. The van der Waals surface area contributed by atoms with E-state index in [2.05, 4.69) is 15.2 Å². The standard InChI is InChI=1S/C14H23N3O4/c1-9(2)11-6-13(21-16-11)15-12(18)8-17(4)7-10(3)14(19)20-5/h6,9-10H,7-8H2,1-5H3,(H,15,18). The van der Waals surface area contributed by atoms with E-state index in [0.29, 0.717) is 12.4 Å². The van der Waals surface area contributed by atoms with Gasteiger partial charge in [-0.1, -0.05) is 25.9 Å². The minimum absolute atomic E-state index is 0.152. The Hall–Kier alpha value is -1.89. The third-order valence-electron chi connectivity index (χ3n) is 2.99. The molecule has 7 heteroatoms. The van der Waals surface area contributed by atoms with E-state index in [0.717, 1.165) is 5.69 Å². The molecule has 0 aliphatic heterocycles. The molecule has 0 aromatic carbocycles. The molecule has 21 heavy (non-hydrogen) atoms. The van der Waals surface area contributed by atoms with E-state index >= 15 is 0 Å². The van der Waals surface area contributed by atoms with Crippen molar-refractivity contribution in [3.8, 4) is 0 Å². The molecule has 0 aliphatic carbocycles. The molecule has 1 N–H and O–H groups in total. The number of nitrogens with zero attached hydrogens (tertiary/aromatic N) is 2. The molecule has 1 amide bonds. The minimum atomic E-state index is -0.293. The lowest BCUT2D eigenvalue weighted by molar-refractivity contribution is -0.145. The van der Waals surface area contributed by atoms with Gasteiger partial charge in [0.25, 0.3) is 0 Å². The molecule has 0 saturated heterocycles. The third kappa shape index (κ3) is 5.55. The molecule has 0 spiro atoms. The number of hydrogen-bond acceptors (Lipinski definition) is 6. The highest BCUT2D eigenvalue weighted by molar-refractivity contribution is 5.91. The molecular weight excluding hydrogens is 274 g/mol. The predicted molar refractivity (Wildman–Crippen MR) is 77.9 cm³/mol. The van der Waals surface area contributed by atoms with Crippen LogP contribution in [0.3, 0.4) is 0 Å².